The molecular weight excluding hydrogens is 326 g/mol. The van der Waals surface area contributed by atoms with Crippen LogP contribution in [0.4, 0.5) is 4.79 Å². The van der Waals surface area contributed by atoms with Crippen LogP contribution in [0.5, 0.6) is 0 Å². The molecule has 2 aromatic rings. The van der Waals surface area contributed by atoms with Gasteiger partial charge in [0.25, 0.3) is 0 Å². The van der Waals surface area contributed by atoms with Crippen molar-refractivity contribution in [2.45, 2.75) is 19.1 Å². The highest BCUT2D eigenvalue weighted by Crippen LogP contribution is 2.19. The van der Waals surface area contributed by atoms with E-state index in [9.17, 15) is 4.79 Å². The largest absolute Gasteiger partial charge is 0.375 e. The lowest BCUT2D eigenvalue weighted by atomic mass is 10.1. The van der Waals surface area contributed by atoms with Gasteiger partial charge in [-0.3, -0.25) is 4.98 Å². The zero-order valence-corrected chi connectivity index (χ0v) is 14.8. The van der Waals surface area contributed by atoms with E-state index in [-0.39, 0.29) is 18.2 Å². The van der Waals surface area contributed by atoms with Gasteiger partial charge in [-0.2, -0.15) is 0 Å². The number of amides is 2. The molecule has 2 amide bonds. The molecule has 0 saturated carbocycles. The van der Waals surface area contributed by atoms with Crippen LogP contribution in [0.15, 0.2) is 48.7 Å². The number of carbonyl (C=O) groups excluding carboxylic acids is 1. The number of methoxy groups -OCH3 is 1. The number of nitrogens with one attached hydrogen (secondary N) is 1. The molecule has 0 aliphatic carbocycles. The molecule has 1 heterocycles. The number of hydrogen-bond donors (Lipinski definition) is 1. The summed E-state index contributed by atoms with van der Waals surface area (Å²) in [7, 11) is 3.37. The summed E-state index contributed by atoms with van der Waals surface area (Å²) < 4.78 is 5.46. The van der Waals surface area contributed by atoms with Gasteiger partial charge in [-0.1, -0.05) is 29.8 Å². The first kappa shape index (κ1) is 18.2. The van der Waals surface area contributed by atoms with Crippen LogP contribution in [0.1, 0.15) is 30.3 Å². The number of carbonyl (C=O) groups is 1. The predicted molar refractivity (Wildman–Crippen MR) is 95.0 cm³/mol. The van der Waals surface area contributed by atoms with E-state index in [0.717, 1.165) is 11.3 Å². The van der Waals surface area contributed by atoms with E-state index in [2.05, 4.69) is 10.3 Å². The Bertz CT molecular complexity index is 649. The summed E-state index contributed by atoms with van der Waals surface area (Å²) in [5.74, 6) is 0. The Morgan fingerprint density at radius 3 is 2.58 bits per heavy atom. The van der Waals surface area contributed by atoms with Gasteiger partial charge >= 0.3 is 6.03 Å². The lowest BCUT2D eigenvalue weighted by molar-refractivity contribution is 0.101. The lowest BCUT2D eigenvalue weighted by Crippen LogP contribution is -2.40. The van der Waals surface area contributed by atoms with E-state index in [4.69, 9.17) is 16.3 Å². The Morgan fingerprint density at radius 1 is 1.29 bits per heavy atom. The Morgan fingerprint density at radius 2 is 2.00 bits per heavy atom. The third-order valence-electron chi connectivity index (χ3n) is 3.98. The van der Waals surface area contributed by atoms with Gasteiger partial charge in [0.15, 0.2) is 0 Å². The molecule has 0 bridgehead atoms. The first-order valence-electron chi connectivity index (χ1n) is 7.72. The van der Waals surface area contributed by atoms with Gasteiger partial charge in [-0.25, -0.2) is 4.79 Å². The van der Waals surface area contributed by atoms with Gasteiger partial charge in [0.05, 0.1) is 17.8 Å². The quantitative estimate of drug-likeness (QED) is 0.864. The summed E-state index contributed by atoms with van der Waals surface area (Å²) in [5.41, 5.74) is 1.80. The molecule has 5 nitrogen and oxygen atoms in total. The molecule has 0 aliphatic heterocycles. The standard InChI is InChI=1S/C18H22ClN3O2/c1-13(16-6-4-5-11-20-16)22(2)18(23)21-12-17(24-3)14-7-9-15(19)10-8-14/h4-11,13,17H,12H2,1-3H3,(H,21,23)/t13-,17+/m1/s1. The molecule has 0 fully saturated rings. The molecule has 24 heavy (non-hydrogen) atoms. The van der Waals surface area contributed by atoms with Crippen molar-refractivity contribution < 1.29 is 9.53 Å². The fraction of sp³-hybridized carbons (Fsp3) is 0.333. The molecule has 0 radical (unpaired) electrons. The monoisotopic (exact) mass is 347 g/mol. The molecule has 0 unspecified atom stereocenters. The number of nitrogens with zero attached hydrogens (tertiary/aromatic N) is 2. The minimum absolute atomic E-state index is 0.122. The first-order chi connectivity index (χ1) is 11.5. The highest BCUT2D eigenvalue weighted by Gasteiger charge is 2.19. The van der Waals surface area contributed by atoms with Crippen molar-refractivity contribution in [2.24, 2.45) is 0 Å². The van der Waals surface area contributed by atoms with Crippen LogP contribution in [-0.2, 0) is 4.74 Å². The zero-order chi connectivity index (χ0) is 17.5. The van der Waals surface area contributed by atoms with E-state index in [1.54, 1.807) is 37.4 Å². The molecule has 2 atom stereocenters. The van der Waals surface area contributed by atoms with Crippen LogP contribution in [0.25, 0.3) is 0 Å². The van der Waals surface area contributed by atoms with Crippen LogP contribution in [-0.4, -0.2) is 36.6 Å². The van der Waals surface area contributed by atoms with E-state index in [1.165, 1.54) is 0 Å². The first-order valence-corrected chi connectivity index (χ1v) is 8.10. The molecule has 0 saturated heterocycles. The zero-order valence-electron chi connectivity index (χ0n) is 14.1. The third-order valence-corrected chi connectivity index (χ3v) is 4.23. The van der Waals surface area contributed by atoms with Crippen molar-refractivity contribution >= 4 is 17.6 Å². The predicted octanol–water partition coefficient (Wildman–Crippen LogP) is 3.83. The van der Waals surface area contributed by atoms with E-state index in [1.807, 2.05) is 37.3 Å². The smallest absolute Gasteiger partial charge is 0.317 e. The summed E-state index contributed by atoms with van der Waals surface area (Å²) in [6, 6.07) is 12.8. The second-order valence-electron chi connectivity index (χ2n) is 5.50. The molecule has 1 aromatic heterocycles. The minimum atomic E-state index is -0.232. The summed E-state index contributed by atoms with van der Waals surface area (Å²) in [5, 5.41) is 3.57. The van der Waals surface area contributed by atoms with Gasteiger partial charge in [0, 0.05) is 31.9 Å². The topological polar surface area (TPSA) is 54.5 Å². The second-order valence-corrected chi connectivity index (χ2v) is 5.94. The van der Waals surface area contributed by atoms with Crippen molar-refractivity contribution in [3.8, 4) is 0 Å². The molecule has 1 aromatic carbocycles. The number of urea groups is 1. The van der Waals surface area contributed by atoms with Gasteiger partial charge in [0.2, 0.25) is 0 Å². The lowest BCUT2D eigenvalue weighted by Gasteiger charge is -2.26. The fourth-order valence-corrected chi connectivity index (χ4v) is 2.44. The maximum atomic E-state index is 12.4. The number of benzene rings is 1. The highest BCUT2D eigenvalue weighted by molar-refractivity contribution is 6.30. The molecule has 2 rings (SSSR count). The second kappa shape index (κ2) is 8.66. The Balaban J connectivity index is 1.94. The van der Waals surface area contributed by atoms with Crippen LogP contribution in [0.2, 0.25) is 5.02 Å². The molecule has 6 heteroatoms. The third kappa shape index (κ3) is 4.69. The molecule has 0 spiro atoms. The normalized spacial score (nSPS) is 13.2. The Labute approximate surface area is 147 Å². The van der Waals surface area contributed by atoms with Gasteiger partial charge in [0.1, 0.15) is 0 Å². The Kier molecular flexibility index (Phi) is 6.58. The summed E-state index contributed by atoms with van der Waals surface area (Å²) in [6.07, 6.45) is 1.49. The van der Waals surface area contributed by atoms with Crippen molar-refractivity contribution in [1.82, 2.24) is 15.2 Å². The SMILES string of the molecule is CO[C@@H](CNC(=O)N(C)[C@H](C)c1ccccn1)c1ccc(Cl)cc1. The summed E-state index contributed by atoms with van der Waals surface area (Å²) >= 11 is 5.90. The molecule has 0 aliphatic rings. The van der Waals surface area contributed by atoms with Crippen LogP contribution < -0.4 is 5.32 Å². The number of halogens is 1. The average Bonchev–Trinajstić information content (AvgIpc) is 2.62. The number of hydrogen-bond acceptors (Lipinski definition) is 3. The van der Waals surface area contributed by atoms with Crippen LogP contribution in [0.3, 0.4) is 0 Å². The molecular formula is C18H22ClN3O2. The number of rotatable bonds is 6. The van der Waals surface area contributed by atoms with Crippen molar-refractivity contribution in [3.63, 3.8) is 0 Å². The van der Waals surface area contributed by atoms with Crippen molar-refractivity contribution in [1.29, 1.82) is 0 Å². The van der Waals surface area contributed by atoms with Crippen molar-refractivity contribution in [2.75, 3.05) is 20.7 Å². The van der Waals surface area contributed by atoms with Crippen LogP contribution in [0, 0.1) is 0 Å². The number of aromatic nitrogens is 1. The van der Waals surface area contributed by atoms with Gasteiger partial charge in [-0.15, -0.1) is 0 Å². The van der Waals surface area contributed by atoms with E-state index < -0.39 is 0 Å². The summed E-state index contributed by atoms with van der Waals surface area (Å²) in [6.45, 7) is 2.31. The molecule has 1 N–H and O–H groups in total. The highest BCUT2D eigenvalue weighted by atomic mass is 35.5. The number of ether oxygens (including phenoxy) is 1. The van der Waals surface area contributed by atoms with Crippen LogP contribution >= 0.6 is 11.6 Å². The van der Waals surface area contributed by atoms with Gasteiger partial charge < -0.3 is 15.0 Å². The van der Waals surface area contributed by atoms with Crippen molar-refractivity contribution in [3.05, 3.63) is 64.9 Å². The van der Waals surface area contributed by atoms with Gasteiger partial charge in [-0.05, 0) is 36.8 Å². The maximum absolute atomic E-state index is 12.4. The van der Waals surface area contributed by atoms with E-state index in [0.29, 0.717) is 11.6 Å². The maximum Gasteiger partial charge on any atom is 0.317 e. The minimum Gasteiger partial charge on any atom is -0.375 e. The average molecular weight is 348 g/mol. The van der Waals surface area contributed by atoms with E-state index >= 15 is 0 Å². The number of pyridine rings is 1. The molecule has 128 valence electrons. The fourth-order valence-electron chi connectivity index (χ4n) is 2.32. The Hall–Kier alpha value is -2.11. The summed E-state index contributed by atoms with van der Waals surface area (Å²) in [4.78, 5) is 18.3.